The molecule has 13 heavy (non-hydrogen) atoms. The van der Waals surface area contributed by atoms with Crippen LogP contribution in [0.15, 0.2) is 10.8 Å². The molecule has 0 unspecified atom stereocenters. The van der Waals surface area contributed by atoms with Crippen molar-refractivity contribution in [1.82, 2.24) is 0 Å². The highest BCUT2D eigenvalue weighted by Gasteiger charge is 2.11. The normalized spacial score (nSPS) is 12.0. The Hall–Kier alpha value is -0.300. The van der Waals surface area contributed by atoms with Gasteiger partial charge in [0.15, 0.2) is 0 Å². The zero-order chi connectivity index (χ0) is 9.90. The van der Waals surface area contributed by atoms with Gasteiger partial charge in [-0.05, 0) is 46.6 Å². The molecule has 74 valence electrons. The molecule has 0 aliphatic rings. The van der Waals surface area contributed by atoms with E-state index in [9.17, 15) is 0 Å². The van der Waals surface area contributed by atoms with E-state index in [1.54, 1.807) is 11.1 Å². The lowest BCUT2D eigenvalue weighted by Gasteiger charge is -2.17. The Balaban J connectivity index is 2.54. The summed E-state index contributed by atoms with van der Waals surface area (Å²) >= 11 is 1.84. The van der Waals surface area contributed by atoms with Crippen LogP contribution >= 0.6 is 11.3 Å². The molecule has 0 nitrogen and oxygen atoms in total. The van der Waals surface area contributed by atoms with E-state index < -0.39 is 0 Å². The second kappa shape index (κ2) is 4.28. The lowest BCUT2D eigenvalue weighted by atomic mass is 9.88. The number of aryl methyl sites for hydroxylation is 2. The molecule has 0 saturated heterocycles. The third-order valence-corrected chi connectivity index (χ3v) is 3.20. The molecule has 1 heteroatoms. The third-order valence-electron chi connectivity index (χ3n) is 2.36. The summed E-state index contributed by atoms with van der Waals surface area (Å²) in [6.45, 7) is 9.17. The predicted molar refractivity (Wildman–Crippen MR) is 61.5 cm³/mol. The van der Waals surface area contributed by atoms with Gasteiger partial charge in [0.25, 0.3) is 0 Å². The van der Waals surface area contributed by atoms with E-state index in [1.165, 1.54) is 19.3 Å². The molecule has 0 N–H and O–H groups in total. The van der Waals surface area contributed by atoms with Gasteiger partial charge in [0.2, 0.25) is 0 Å². The van der Waals surface area contributed by atoms with Gasteiger partial charge in [0.1, 0.15) is 0 Å². The SMILES string of the molecule is CCc1cscc1CCC(C)(C)C. The fourth-order valence-electron chi connectivity index (χ4n) is 1.39. The molecule has 0 fully saturated rings. The lowest BCUT2D eigenvalue weighted by Crippen LogP contribution is -2.06. The van der Waals surface area contributed by atoms with Crippen molar-refractivity contribution in [2.45, 2.75) is 47.0 Å². The van der Waals surface area contributed by atoms with Crippen LogP contribution in [-0.4, -0.2) is 0 Å². The first-order chi connectivity index (χ1) is 6.03. The van der Waals surface area contributed by atoms with Crippen LogP contribution in [0.25, 0.3) is 0 Å². The topological polar surface area (TPSA) is 0 Å². The minimum atomic E-state index is 0.465. The second-order valence-corrected chi connectivity index (χ2v) is 5.58. The number of hydrogen-bond acceptors (Lipinski definition) is 1. The summed E-state index contributed by atoms with van der Waals surface area (Å²) in [7, 11) is 0. The van der Waals surface area contributed by atoms with Crippen LogP contribution in [0.5, 0.6) is 0 Å². The lowest BCUT2D eigenvalue weighted by molar-refractivity contribution is 0.378. The predicted octanol–water partition coefficient (Wildman–Crippen LogP) is 4.29. The fraction of sp³-hybridized carbons (Fsp3) is 0.667. The van der Waals surface area contributed by atoms with Gasteiger partial charge < -0.3 is 0 Å². The molecule has 0 aliphatic heterocycles. The largest absolute Gasteiger partial charge is 0.152 e. The molecule has 0 radical (unpaired) electrons. The smallest absolute Gasteiger partial charge is 0.00584 e. The van der Waals surface area contributed by atoms with Crippen LogP contribution in [-0.2, 0) is 12.8 Å². The molecule has 0 bridgehead atoms. The van der Waals surface area contributed by atoms with Crippen LogP contribution < -0.4 is 0 Å². The molecule has 0 saturated carbocycles. The summed E-state index contributed by atoms with van der Waals surface area (Å²) in [5, 5.41) is 4.60. The van der Waals surface area contributed by atoms with Gasteiger partial charge in [-0.3, -0.25) is 0 Å². The van der Waals surface area contributed by atoms with E-state index in [0.717, 1.165) is 0 Å². The highest BCUT2D eigenvalue weighted by atomic mass is 32.1. The molecule has 0 aromatic carbocycles. The van der Waals surface area contributed by atoms with Crippen LogP contribution in [0.3, 0.4) is 0 Å². The van der Waals surface area contributed by atoms with Crippen molar-refractivity contribution in [3.8, 4) is 0 Å². The summed E-state index contributed by atoms with van der Waals surface area (Å²) in [4.78, 5) is 0. The van der Waals surface area contributed by atoms with Crippen molar-refractivity contribution in [2.24, 2.45) is 5.41 Å². The Labute approximate surface area is 86.0 Å². The van der Waals surface area contributed by atoms with Crippen molar-refractivity contribution < 1.29 is 0 Å². The van der Waals surface area contributed by atoms with E-state index in [-0.39, 0.29) is 0 Å². The minimum Gasteiger partial charge on any atom is -0.152 e. The van der Waals surface area contributed by atoms with E-state index in [0.29, 0.717) is 5.41 Å². The molecule has 1 heterocycles. The van der Waals surface area contributed by atoms with Crippen LogP contribution in [0, 0.1) is 5.41 Å². The number of hydrogen-bond donors (Lipinski definition) is 0. The van der Waals surface area contributed by atoms with Gasteiger partial charge in [-0.25, -0.2) is 0 Å². The van der Waals surface area contributed by atoms with Gasteiger partial charge in [0.05, 0.1) is 0 Å². The van der Waals surface area contributed by atoms with Crippen molar-refractivity contribution >= 4 is 11.3 Å². The quantitative estimate of drug-likeness (QED) is 0.676. The zero-order valence-corrected chi connectivity index (χ0v) is 10.0. The maximum absolute atomic E-state index is 2.31. The van der Waals surface area contributed by atoms with Crippen molar-refractivity contribution in [2.75, 3.05) is 0 Å². The summed E-state index contributed by atoms with van der Waals surface area (Å²) in [5.41, 5.74) is 3.59. The van der Waals surface area contributed by atoms with Gasteiger partial charge in [-0.2, -0.15) is 11.3 Å². The Bertz CT molecular complexity index is 252. The first kappa shape index (κ1) is 10.8. The van der Waals surface area contributed by atoms with Crippen LogP contribution in [0.2, 0.25) is 0 Å². The first-order valence-electron chi connectivity index (χ1n) is 5.07. The monoisotopic (exact) mass is 196 g/mol. The summed E-state index contributed by atoms with van der Waals surface area (Å²) < 4.78 is 0. The number of rotatable bonds is 3. The first-order valence-corrected chi connectivity index (χ1v) is 6.01. The standard InChI is InChI=1S/C12H20S/c1-5-10-8-13-9-11(10)6-7-12(2,3)4/h8-9H,5-7H2,1-4H3. The van der Waals surface area contributed by atoms with Crippen molar-refractivity contribution in [3.63, 3.8) is 0 Å². The average Bonchev–Trinajstić information content (AvgIpc) is 2.46. The fourth-order valence-corrected chi connectivity index (χ4v) is 2.37. The Morgan fingerprint density at radius 3 is 2.31 bits per heavy atom. The van der Waals surface area contributed by atoms with E-state index >= 15 is 0 Å². The average molecular weight is 196 g/mol. The Morgan fingerprint density at radius 2 is 1.77 bits per heavy atom. The minimum absolute atomic E-state index is 0.465. The van der Waals surface area contributed by atoms with Gasteiger partial charge in [-0.15, -0.1) is 0 Å². The van der Waals surface area contributed by atoms with Crippen LogP contribution in [0.4, 0.5) is 0 Å². The van der Waals surface area contributed by atoms with Crippen molar-refractivity contribution in [3.05, 3.63) is 21.9 Å². The molecule has 0 spiro atoms. The van der Waals surface area contributed by atoms with Crippen LogP contribution in [0.1, 0.15) is 45.2 Å². The van der Waals surface area contributed by atoms with Gasteiger partial charge in [-0.1, -0.05) is 27.7 Å². The maximum Gasteiger partial charge on any atom is -0.00584 e. The molecular formula is C12H20S. The highest BCUT2D eigenvalue weighted by molar-refractivity contribution is 7.08. The zero-order valence-electron chi connectivity index (χ0n) is 9.18. The second-order valence-electron chi connectivity index (χ2n) is 4.84. The molecule has 0 aliphatic carbocycles. The van der Waals surface area contributed by atoms with Gasteiger partial charge >= 0.3 is 0 Å². The van der Waals surface area contributed by atoms with E-state index in [2.05, 4.69) is 38.5 Å². The van der Waals surface area contributed by atoms with E-state index in [4.69, 9.17) is 0 Å². The van der Waals surface area contributed by atoms with Gasteiger partial charge in [0, 0.05) is 0 Å². The summed E-state index contributed by atoms with van der Waals surface area (Å²) in [5.74, 6) is 0. The summed E-state index contributed by atoms with van der Waals surface area (Å²) in [6, 6.07) is 0. The maximum atomic E-state index is 2.31. The van der Waals surface area contributed by atoms with E-state index in [1.807, 2.05) is 11.3 Å². The summed E-state index contributed by atoms with van der Waals surface area (Å²) in [6.07, 6.45) is 3.72. The molecule has 1 aromatic rings. The Morgan fingerprint density at radius 1 is 1.15 bits per heavy atom. The number of thiophene rings is 1. The molecular weight excluding hydrogens is 176 g/mol. The Kier molecular flexibility index (Phi) is 3.55. The van der Waals surface area contributed by atoms with Crippen molar-refractivity contribution in [1.29, 1.82) is 0 Å². The molecule has 0 atom stereocenters. The molecule has 0 amide bonds. The molecule has 1 aromatic heterocycles. The third kappa shape index (κ3) is 3.51. The highest BCUT2D eigenvalue weighted by Crippen LogP contribution is 2.24. The molecule has 1 rings (SSSR count).